The molecule has 0 spiro atoms. The van der Waals surface area contributed by atoms with E-state index in [2.05, 4.69) is 45.2 Å². The van der Waals surface area contributed by atoms with Crippen LogP contribution < -0.4 is 10.6 Å². The number of piperidine rings is 1. The van der Waals surface area contributed by atoms with E-state index in [1.165, 1.54) is 10.4 Å². The van der Waals surface area contributed by atoms with Gasteiger partial charge in [0.15, 0.2) is 0 Å². The summed E-state index contributed by atoms with van der Waals surface area (Å²) in [5.74, 6) is 0.0524. The molecule has 0 bridgehead atoms. The van der Waals surface area contributed by atoms with Crippen molar-refractivity contribution >= 4 is 23.3 Å². The summed E-state index contributed by atoms with van der Waals surface area (Å²) >= 11 is 1.79. The third kappa shape index (κ3) is 4.13. The maximum absolute atomic E-state index is 12.8. The van der Waals surface area contributed by atoms with E-state index in [-0.39, 0.29) is 17.9 Å². The second-order valence-corrected chi connectivity index (χ2v) is 8.88. The first-order valence-corrected chi connectivity index (χ1v) is 11.0. The average molecular weight is 398 g/mol. The van der Waals surface area contributed by atoms with Gasteiger partial charge in [-0.25, -0.2) is 4.79 Å². The number of imide groups is 1. The largest absolute Gasteiger partial charge is 0.323 e. The Hall–Kier alpha value is -2.18. The van der Waals surface area contributed by atoms with Gasteiger partial charge in [0.1, 0.15) is 5.54 Å². The number of hydrogen-bond donors (Lipinski definition) is 2. The van der Waals surface area contributed by atoms with Crippen LogP contribution in [0.2, 0.25) is 0 Å². The molecule has 1 aromatic heterocycles. The van der Waals surface area contributed by atoms with Crippen LogP contribution in [0.25, 0.3) is 0 Å². The molecule has 6 heteroatoms. The first-order valence-electron chi connectivity index (χ1n) is 10.1. The first kappa shape index (κ1) is 19.2. The van der Waals surface area contributed by atoms with Gasteiger partial charge in [0.25, 0.3) is 5.91 Å². The van der Waals surface area contributed by atoms with Crippen molar-refractivity contribution in [2.75, 3.05) is 13.1 Å². The van der Waals surface area contributed by atoms with Gasteiger partial charge in [0, 0.05) is 11.4 Å². The summed E-state index contributed by atoms with van der Waals surface area (Å²) in [4.78, 5) is 28.6. The zero-order valence-corrected chi connectivity index (χ0v) is 16.8. The number of nitrogens with one attached hydrogen (secondary N) is 2. The fraction of sp³-hybridized carbons (Fsp3) is 0.455. The van der Waals surface area contributed by atoms with Crippen LogP contribution in [0.3, 0.4) is 0 Å². The van der Waals surface area contributed by atoms with Crippen molar-refractivity contribution in [1.82, 2.24) is 15.5 Å². The zero-order chi connectivity index (χ0) is 19.4. The Labute approximate surface area is 170 Å². The predicted octanol–water partition coefficient (Wildman–Crippen LogP) is 3.56. The standard InChI is InChI=1S/C22H27N3O2S/c26-20-22(24-21(27)23-20,12-4-8-17-6-2-1-3-7-17)18-10-13-25(14-11-18)16-19-9-5-15-28-19/h1-3,5-7,9,15,18H,4,8,10-14,16H2,(H2,23,24,26,27). The highest BCUT2D eigenvalue weighted by atomic mass is 32.1. The van der Waals surface area contributed by atoms with E-state index in [0.29, 0.717) is 6.42 Å². The molecule has 0 saturated carbocycles. The molecule has 2 N–H and O–H groups in total. The SMILES string of the molecule is O=C1NC(=O)C(CCCc2ccccc2)(C2CCN(Cc3cccs3)CC2)N1. The van der Waals surface area contributed by atoms with Gasteiger partial charge < -0.3 is 5.32 Å². The Kier molecular flexibility index (Phi) is 5.78. The van der Waals surface area contributed by atoms with Crippen LogP contribution in [-0.4, -0.2) is 35.5 Å². The van der Waals surface area contributed by atoms with E-state index in [1.54, 1.807) is 11.3 Å². The number of rotatable bonds is 7. The summed E-state index contributed by atoms with van der Waals surface area (Å²) in [5, 5.41) is 7.63. The normalized spacial score (nSPS) is 23.6. The highest BCUT2D eigenvalue weighted by Gasteiger charge is 2.51. The van der Waals surface area contributed by atoms with Crippen LogP contribution in [-0.2, 0) is 17.8 Å². The molecule has 148 valence electrons. The first-order chi connectivity index (χ1) is 13.7. The number of nitrogens with zero attached hydrogens (tertiary/aromatic N) is 1. The van der Waals surface area contributed by atoms with Crippen LogP contribution in [0.1, 0.15) is 36.1 Å². The molecule has 1 atom stereocenters. The molecule has 5 nitrogen and oxygen atoms in total. The topological polar surface area (TPSA) is 61.4 Å². The van der Waals surface area contributed by atoms with Crippen LogP contribution in [0.5, 0.6) is 0 Å². The van der Waals surface area contributed by atoms with Gasteiger partial charge >= 0.3 is 6.03 Å². The number of hydrogen-bond acceptors (Lipinski definition) is 4. The van der Waals surface area contributed by atoms with E-state index in [4.69, 9.17) is 0 Å². The van der Waals surface area contributed by atoms with Gasteiger partial charge in [-0.2, -0.15) is 0 Å². The number of aryl methyl sites for hydroxylation is 1. The molecule has 2 aliphatic heterocycles. The zero-order valence-electron chi connectivity index (χ0n) is 16.0. The lowest BCUT2D eigenvalue weighted by Crippen LogP contribution is -2.56. The van der Waals surface area contributed by atoms with Gasteiger partial charge in [0.2, 0.25) is 0 Å². The Balaban J connectivity index is 1.39. The van der Waals surface area contributed by atoms with Crippen LogP contribution >= 0.6 is 11.3 Å². The third-order valence-corrected chi connectivity index (χ3v) is 6.95. The second-order valence-electron chi connectivity index (χ2n) is 7.85. The number of amides is 3. The molecule has 2 aromatic rings. The van der Waals surface area contributed by atoms with Crippen LogP contribution in [0.15, 0.2) is 47.8 Å². The van der Waals surface area contributed by atoms with Gasteiger partial charge in [-0.1, -0.05) is 36.4 Å². The maximum atomic E-state index is 12.8. The van der Waals surface area contributed by atoms with Gasteiger partial charge in [-0.3, -0.25) is 15.0 Å². The van der Waals surface area contributed by atoms with Crippen LogP contribution in [0, 0.1) is 5.92 Å². The highest BCUT2D eigenvalue weighted by molar-refractivity contribution is 7.09. The van der Waals surface area contributed by atoms with Crippen molar-refractivity contribution in [3.05, 3.63) is 58.3 Å². The fourth-order valence-electron chi connectivity index (χ4n) is 4.60. The molecular weight excluding hydrogens is 370 g/mol. The molecule has 2 saturated heterocycles. The Morgan fingerprint density at radius 3 is 2.50 bits per heavy atom. The molecule has 1 aromatic carbocycles. The molecule has 2 fully saturated rings. The summed E-state index contributed by atoms with van der Waals surface area (Å²) in [7, 11) is 0. The molecule has 2 aliphatic rings. The Bertz CT molecular complexity index is 800. The molecule has 0 aliphatic carbocycles. The number of thiophene rings is 1. The lowest BCUT2D eigenvalue weighted by atomic mass is 9.74. The third-order valence-electron chi connectivity index (χ3n) is 6.09. The van der Waals surface area contributed by atoms with E-state index in [9.17, 15) is 9.59 Å². The maximum Gasteiger partial charge on any atom is 0.322 e. The molecule has 0 radical (unpaired) electrons. The van der Waals surface area contributed by atoms with Crippen molar-refractivity contribution in [3.63, 3.8) is 0 Å². The number of likely N-dealkylation sites (tertiary alicyclic amines) is 1. The Morgan fingerprint density at radius 1 is 1.07 bits per heavy atom. The highest BCUT2D eigenvalue weighted by Crippen LogP contribution is 2.35. The number of carbonyl (C=O) groups is 2. The second kappa shape index (κ2) is 8.45. The molecule has 3 amide bonds. The summed E-state index contributed by atoms with van der Waals surface area (Å²) in [6, 6.07) is 14.2. The van der Waals surface area contributed by atoms with Crippen molar-refractivity contribution < 1.29 is 9.59 Å². The minimum atomic E-state index is -0.749. The summed E-state index contributed by atoms with van der Waals surface area (Å²) in [6.45, 7) is 2.91. The van der Waals surface area contributed by atoms with E-state index < -0.39 is 5.54 Å². The monoisotopic (exact) mass is 397 g/mol. The van der Waals surface area contributed by atoms with Crippen molar-refractivity contribution in [1.29, 1.82) is 0 Å². The molecule has 3 heterocycles. The molecule has 4 rings (SSSR count). The minimum Gasteiger partial charge on any atom is -0.323 e. The number of urea groups is 1. The summed E-state index contributed by atoms with van der Waals surface area (Å²) in [6.07, 6.45) is 4.36. The smallest absolute Gasteiger partial charge is 0.322 e. The lowest BCUT2D eigenvalue weighted by Gasteiger charge is -2.40. The summed E-state index contributed by atoms with van der Waals surface area (Å²) in [5.41, 5.74) is 0.522. The number of carbonyl (C=O) groups excluding carboxylic acids is 2. The predicted molar refractivity (Wildman–Crippen MR) is 111 cm³/mol. The van der Waals surface area contributed by atoms with Crippen molar-refractivity contribution in [3.8, 4) is 0 Å². The van der Waals surface area contributed by atoms with Gasteiger partial charge in [-0.05, 0) is 68.1 Å². The fourth-order valence-corrected chi connectivity index (χ4v) is 5.34. The molecule has 28 heavy (non-hydrogen) atoms. The minimum absolute atomic E-state index is 0.137. The number of benzene rings is 1. The average Bonchev–Trinajstić information content (AvgIpc) is 3.31. The van der Waals surface area contributed by atoms with E-state index in [1.807, 2.05) is 18.2 Å². The Morgan fingerprint density at radius 2 is 1.86 bits per heavy atom. The molecular formula is C22H27N3O2S. The van der Waals surface area contributed by atoms with Gasteiger partial charge in [-0.15, -0.1) is 11.3 Å². The van der Waals surface area contributed by atoms with E-state index in [0.717, 1.165) is 45.3 Å². The van der Waals surface area contributed by atoms with E-state index >= 15 is 0 Å². The quantitative estimate of drug-likeness (QED) is 0.702. The van der Waals surface area contributed by atoms with Crippen molar-refractivity contribution in [2.24, 2.45) is 5.92 Å². The molecule has 1 unspecified atom stereocenters. The van der Waals surface area contributed by atoms with Crippen molar-refractivity contribution in [2.45, 2.75) is 44.2 Å². The van der Waals surface area contributed by atoms with Gasteiger partial charge in [0.05, 0.1) is 0 Å². The lowest BCUT2D eigenvalue weighted by molar-refractivity contribution is -0.127. The summed E-state index contributed by atoms with van der Waals surface area (Å²) < 4.78 is 0. The van der Waals surface area contributed by atoms with Crippen LogP contribution in [0.4, 0.5) is 4.79 Å².